The second-order valence-corrected chi connectivity index (χ2v) is 3.08. The Hall–Kier alpha value is -1.35. The van der Waals surface area contributed by atoms with E-state index in [4.69, 9.17) is 5.73 Å². The topological polar surface area (TPSA) is 38.0 Å². The van der Waals surface area contributed by atoms with Gasteiger partial charge in [-0.1, -0.05) is 24.3 Å². The summed E-state index contributed by atoms with van der Waals surface area (Å²) >= 11 is 1.58. The van der Waals surface area contributed by atoms with E-state index in [9.17, 15) is 0 Å². The number of nitrogen functional groups attached to an aromatic ring is 1. The Labute approximate surface area is 82.7 Å². The van der Waals surface area contributed by atoms with Gasteiger partial charge in [0.15, 0.2) is 0 Å². The van der Waals surface area contributed by atoms with Crippen LogP contribution < -0.4 is 10.5 Å². The second kappa shape index (κ2) is 6.20. The molecule has 0 saturated carbocycles. The zero-order chi connectivity index (χ0) is 9.36. The molecule has 1 aliphatic heterocycles. The summed E-state index contributed by atoms with van der Waals surface area (Å²) in [5.74, 6) is 0. The Bertz CT molecular complexity index is 268. The van der Waals surface area contributed by atoms with Crippen LogP contribution >= 0.6 is 11.9 Å². The number of rotatable bonds is 0. The SMILES string of the molecule is C1=CNSC=C1.Nc1ccccc1. The molecule has 0 atom stereocenters. The summed E-state index contributed by atoms with van der Waals surface area (Å²) in [4.78, 5) is 0. The van der Waals surface area contributed by atoms with E-state index in [1.165, 1.54) is 0 Å². The molecule has 0 amide bonds. The van der Waals surface area contributed by atoms with E-state index in [0.717, 1.165) is 5.69 Å². The minimum absolute atomic E-state index is 0.822. The molecular formula is C10H12N2S. The average molecular weight is 192 g/mol. The molecule has 0 radical (unpaired) electrons. The molecule has 0 aliphatic carbocycles. The van der Waals surface area contributed by atoms with Gasteiger partial charge in [0.1, 0.15) is 0 Å². The van der Waals surface area contributed by atoms with Gasteiger partial charge < -0.3 is 10.5 Å². The smallest absolute Gasteiger partial charge is 0.0313 e. The normalized spacial score (nSPS) is 12.6. The Kier molecular flexibility index (Phi) is 4.64. The lowest BCUT2D eigenvalue weighted by atomic mass is 10.3. The summed E-state index contributed by atoms with van der Waals surface area (Å²) in [6.45, 7) is 0. The molecule has 0 aromatic heterocycles. The van der Waals surface area contributed by atoms with E-state index in [2.05, 4.69) is 4.72 Å². The van der Waals surface area contributed by atoms with Crippen LogP contribution in [0.5, 0.6) is 0 Å². The minimum Gasteiger partial charge on any atom is -0.399 e. The Morgan fingerprint density at radius 2 is 1.85 bits per heavy atom. The van der Waals surface area contributed by atoms with Gasteiger partial charge >= 0.3 is 0 Å². The number of hydrogen-bond acceptors (Lipinski definition) is 3. The summed E-state index contributed by atoms with van der Waals surface area (Å²) in [5, 5.41) is 1.99. The number of para-hydroxylation sites is 1. The monoisotopic (exact) mass is 192 g/mol. The number of allylic oxidation sites excluding steroid dienone is 2. The standard InChI is InChI=1S/C6H7N.C4H5NS/c7-6-4-2-1-3-5-6;1-2-4-6-5-3-1/h1-5H,7H2;1-5H. The molecule has 1 aromatic carbocycles. The molecule has 0 unspecified atom stereocenters. The average Bonchev–Trinajstić information content (AvgIpc) is 2.22. The number of benzene rings is 1. The Morgan fingerprint density at radius 1 is 1.08 bits per heavy atom. The highest BCUT2D eigenvalue weighted by atomic mass is 32.2. The summed E-state index contributed by atoms with van der Waals surface area (Å²) in [6, 6.07) is 9.49. The molecule has 3 N–H and O–H groups in total. The lowest BCUT2D eigenvalue weighted by Gasteiger charge is -1.93. The predicted molar refractivity (Wildman–Crippen MR) is 59.9 cm³/mol. The van der Waals surface area contributed by atoms with Gasteiger partial charge in [-0.15, -0.1) is 0 Å². The van der Waals surface area contributed by atoms with Crippen LogP contribution in [-0.4, -0.2) is 0 Å². The first-order valence-electron chi connectivity index (χ1n) is 3.93. The van der Waals surface area contributed by atoms with Crippen molar-refractivity contribution in [2.24, 2.45) is 0 Å². The van der Waals surface area contributed by atoms with E-state index >= 15 is 0 Å². The van der Waals surface area contributed by atoms with Crippen molar-refractivity contribution in [3.05, 3.63) is 54.1 Å². The quantitative estimate of drug-likeness (QED) is 0.490. The third kappa shape index (κ3) is 4.98. The molecule has 2 rings (SSSR count). The van der Waals surface area contributed by atoms with Crippen LogP contribution in [0.2, 0.25) is 0 Å². The fraction of sp³-hybridized carbons (Fsp3) is 0. The molecule has 0 bridgehead atoms. The highest BCUT2D eigenvalue weighted by Gasteiger charge is 1.74. The maximum absolute atomic E-state index is 5.36. The van der Waals surface area contributed by atoms with Crippen molar-refractivity contribution in [1.29, 1.82) is 0 Å². The Balaban J connectivity index is 0.000000132. The van der Waals surface area contributed by atoms with Gasteiger partial charge in [0.2, 0.25) is 0 Å². The van der Waals surface area contributed by atoms with Gasteiger partial charge in [-0.25, -0.2) is 0 Å². The first-order valence-corrected chi connectivity index (χ1v) is 4.81. The van der Waals surface area contributed by atoms with Crippen molar-refractivity contribution in [2.75, 3.05) is 5.73 Å². The molecule has 68 valence electrons. The van der Waals surface area contributed by atoms with E-state index < -0.39 is 0 Å². The zero-order valence-electron chi connectivity index (χ0n) is 7.18. The van der Waals surface area contributed by atoms with E-state index in [1.807, 2.05) is 54.1 Å². The van der Waals surface area contributed by atoms with Crippen LogP contribution in [0, 0.1) is 0 Å². The number of nitrogens with two attached hydrogens (primary N) is 1. The van der Waals surface area contributed by atoms with Gasteiger partial charge in [0.05, 0.1) is 0 Å². The summed E-state index contributed by atoms with van der Waals surface area (Å²) in [6.07, 6.45) is 5.84. The van der Waals surface area contributed by atoms with Crippen LogP contribution in [0.3, 0.4) is 0 Å². The van der Waals surface area contributed by atoms with Crippen LogP contribution in [0.1, 0.15) is 0 Å². The van der Waals surface area contributed by atoms with Crippen molar-refractivity contribution >= 4 is 17.6 Å². The molecular weight excluding hydrogens is 180 g/mol. The van der Waals surface area contributed by atoms with Crippen molar-refractivity contribution < 1.29 is 0 Å². The van der Waals surface area contributed by atoms with Crippen molar-refractivity contribution in [3.63, 3.8) is 0 Å². The zero-order valence-corrected chi connectivity index (χ0v) is 8.00. The van der Waals surface area contributed by atoms with Crippen LogP contribution in [-0.2, 0) is 0 Å². The number of nitrogens with one attached hydrogen (secondary N) is 1. The maximum atomic E-state index is 5.36. The van der Waals surface area contributed by atoms with Gasteiger partial charge in [-0.05, 0) is 35.6 Å². The third-order valence-electron chi connectivity index (χ3n) is 1.29. The number of hydrogen-bond donors (Lipinski definition) is 2. The van der Waals surface area contributed by atoms with Gasteiger partial charge in [-0.2, -0.15) is 0 Å². The maximum Gasteiger partial charge on any atom is 0.0313 e. The lowest BCUT2D eigenvalue weighted by Crippen LogP contribution is -1.88. The molecule has 1 aliphatic rings. The Morgan fingerprint density at radius 3 is 2.08 bits per heavy atom. The summed E-state index contributed by atoms with van der Waals surface area (Å²) in [5.41, 5.74) is 6.18. The fourth-order valence-corrected chi connectivity index (χ4v) is 1.12. The fourth-order valence-electron chi connectivity index (χ4n) is 0.711. The molecule has 1 heterocycles. The van der Waals surface area contributed by atoms with Crippen LogP contribution in [0.4, 0.5) is 5.69 Å². The van der Waals surface area contributed by atoms with Crippen LogP contribution in [0.15, 0.2) is 54.1 Å². The summed E-state index contributed by atoms with van der Waals surface area (Å²) < 4.78 is 2.93. The predicted octanol–water partition coefficient (Wildman–Crippen LogP) is 2.53. The van der Waals surface area contributed by atoms with Crippen molar-refractivity contribution in [2.45, 2.75) is 0 Å². The van der Waals surface area contributed by atoms with Gasteiger partial charge in [-0.3, -0.25) is 0 Å². The number of anilines is 1. The summed E-state index contributed by atoms with van der Waals surface area (Å²) in [7, 11) is 0. The van der Waals surface area contributed by atoms with Crippen molar-refractivity contribution in [3.8, 4) is 0 Å². The highest BCUT2D eigenvalue weighted by Crippen LogP contribution is 1.98. The van der Waals surface area contributed by atoms with E-state index in [-0.39, 0.29) is 0 Å². The lowest BCUT2D eigenvalue weighted by molar-refractivity contribution is 1.42. The molecule has 0 saturated heterocycles. The molecule has 0 spiro atoms. The molecule has 2 nitrogen and oxygen atoms in total. The van der Waals surface area contributed by atoms with Gasteiger partial charge in [0.25, 0.3) is 0 Å². The molecule has 13 heavy (non-hydrogen) atoms. The third-order valence-corrected chi connectivity index (χ3v) is 1.85. The largest absolute Gasteiger partial charge is 0.399 e. The van der Waals surface area contributed by atoms with E-state index in [0.29, 0.717) is 0 Å². The molecule has 0 fully saturated rings. The van der Waals surface area contributed by atoms with Gasteiger partial charge in [0, 0.05) is 11.9 Å². The first-order chi connectivity index (χ1) is 6.39. The molecule has 3 heteroatoms. The van der Waals surface area contributed by atoms with E-state index in [1.54, 1.807) is 11.9 Å². The van der Waals surface area contributed by atoms with Crippen LogP contribution in [0.25, 0.3) is 0 Å². The highest BCUT2D eigenvalue weighted by molar-refractivity contribution is 8.00. The second-order valence-electron chi connectivity index (χ2n) is 2.33. The first kappa shape index (κ1) is 9.74. The minimum atomic E-state index is 0.822. The molecule has 1 aromatic rings. The van der Waals surface area contributed by atoms with Crippen molar-refractivity contribution in [1.82, 2.24) is 4.72 Å².